The summed E-state index contributed by atoms with van der Waals surface area (Å²) in [5, 5.41) is 8.98. The summed E-state index contributed by atoms with van der Waals surface area (Å²) in [4.78, 5) is 11.0. The fraction of sp³-hybridized carbons (Fsp3) is 0.357. The van der Waals surface area contributed by atoms with E-state index < -0.39 is 16.0 Å². The molecule has 1 aromatic carbocycles. The summed E-state index contributed by atoms with van der Waals surface area (Å²) in [6, 6.07) is 4.10. The van der Waals surface area contributed by atoms with E-state index in [4.69, 9.17) is 5.11 Å². The molecule has 110 valence electrons. The van der Waals surface area contributed by atoms with Crippen molar-refractivity contribution in [1.82, 2.24) is 4.31 Å². The standard InChI is InChI=1S/C14H19NO4S/c1-5-15(9-10(2)3)20(18,19)13-8-12(14(16)17)7-6-11(13)4/h6-8H,2,5,9H2,1,3-4H3,(H,16,17). The van der Waals surface area contributed by atoms with Gasteiger partial charge in [-0.15, -0.1) is 0 Å². The highest BCUT2D eigenvalue weighted by molar-refractivity contribution is 7.89. The molecule has 1 rings (SSSR count). The van der Waals surface area contributed by atoms with Crippen molar-refractivity contribution in [1.29, 1.82) is 0 Å². The lowest BCUT2D eigenvalue weighted by atomic mass is 10.1. The first-order chi connectivity index (χ1) is 9.20. The Labute approximate surface area is 119 Å². The molecule has 0 spiro atoms. The van der Waals surface area contributed by atoms with Crippen molar-refractivity contribution in [3.63, 3.8) is 0 Å². The third kappa shape index (κ3) is 3.46. The van der Waals surface area contributed by atoms with Crippen molar-refractivity contribution in [2.75, 3.05) is 13.1 Å². The van der Waals surface area contributed by atoms with Crippen LogP contribution in [0, 0.1) is 6.92 Å². The first-order valence-corrected chi connectivity index (χ1v) is 7.62. The third-order valence-corrected chi connectivity index (χ3v) is 4.91. The van der Waals surface area contributed by atoms with Gasteiger partial charge in [-0.2, -0.15) is 4.31 Å². The summed E-state index contributed by atoms with van der Waals surface area (Å²) in [5.74, 6) is -1.15. The van der Waals surface area contributed by atoms with Crippen LogP contribution in [0.4, 0.5) is 0 Å². The molecule has 1 N–H and O–H groups in total. The van der Waals surface area contributed by atoms with Gasteiger partial charge in [-0.1, -0.05) is 25.1 Å². The maximum atomic E-state index is 12.6. The van der Waals surface area contributed by atoms with E-state index in [0.29, 0.717) is 12.1 Å². The summed E-state index contributed by atoms with van der Waals surface area (Å²) in [7, 11) is -3.72. The molecule has 0 fully saturated rings. The van der Waals surface area contributed by atoms with Crippen LogP contribution in [-0.2, 0) is 10.0 Å². The van der Waals surface area contributed by atoms with E-state index in [9.17, 15) is 13.2 Å². The summed E-state index contributed by atoms with van der Waals surface area (Å²) in [5.41, 5.74) is 1.21. The van der Waals surface area contributed by atoms with Gasteiger partial charge >= 0.3 is 5.97 Å². The van der Waals surface area contributed by atoms with Crippen molar-refractivity contribution in [3.05, 3.63) is 41.5 Å². The Bertz CT molecular complexity index is 635. The van der Waals surface area contributed by atoms with Crippen LogP contribution >= 0.6 is 0 Å². The highest BCUT2D eigenvalue weighted by atomic mass is 32.2. The SMILES string of the molecule is C=C(C)CN(CC)S(=O)(=O)c1cc(C(=O)O)ccc1C. The van der Waals surface area contributed by atoms with Crippen molar-refractivity contribution >= 4 is 16.0 Å². The minimum absolute atomic E-state index is 0.0282. The molecule has 0 radical (unpaired) electrons. The Morgan fingerprint density at radius 1 is 1.40 bits per heavy atom. The summed E-state index contributed by atoms with van der Waals surface area (Å²) in [6.07, 6.45) is 0. The zero-order valence-electron chi connectivity index (χ0n) is 11.9. The van der Waals surface area contributed by atoms with Gasteiger partial charge in [0.1, 0.15) is 0 Å². The Hall–Kier alpha value is -1.66. The number of hydrogen-bond acceptors (Lipinski definition) is 3. The molecule has 5 nitrogen and oxygen atoms in total. The molecule has 1 aromatic rings. The Kier molecular flexibility index (Phi) is 5.08. The zero-order chi connectivity index (χ0) is 15.5. The highest BCUT2D eigenvalue weighted by Crippen LogP contribution is 2.22. The van der Waals surface area contributed by atoms with E-state index in [1.54, 1.807) is 20.8 Å². The predicted molar refractivity (Wildman–Crippen MR) is 77.4 cm³/mol. The number of rotatable bonds is 6. The number of carboxylic acids is 1. The van der Waals surface area contributed by atoms with Crippen molar-refractivity contribution in [2.45, 2.75) is 25.7 Å². The van der Waals surface area contributed by atoms with Gasteiger partial charge in [-0.25, -0.2) is 13.2 Å². The molecule has 0 amide bonds. The van der Waals surface area contributed by atoms with Gasteiger partial charge in [0.15, 0.2) is 0 Å². The van der Waals surface area contributed by atoms with Crippen molar-refractivity contribution in [2.24, 2.45) is 0 Å². The molecule has 0 aromatic heterocycles. The molecule has 0 saturated heterocycles. The molecule has 0 aliphatic rings. The topological polar surface area (TPSA) is 74.7 Å². The predicted octanol–water partition coefficient (Wildman–Crippen LogP) is 2.28. The molecule has 0 aliphatic heterocycles. The normalized spacial score (nSPS) is 11.6. The number of benzene rings is 1. The van der Waals surface area contributed by atoms with Crippen LogP contribution in [0.2, 0.25) is 0 Å². The molecule has 0 atom stereocenters. The minimum atomic E-state index is -3.72. The number of aromatic carboxylic acids is 1. The van der Waals surface area contributed by atoms with E-state index in [1.165, 1.54) is 22.5 Å². The van der Waals surface area contributed by atoms with Crippen LogP contribution in [0.1, 0.15) is 29.8 Å². The molecule has 6 heteroatoms. The number of likely N-dealkylation sites (N-methyl/N-ethyl adjacent to an activating group) is 1. The van der Waals surface area contributed by atoms with Gasteiger partial charge < -0.3 is 5.11 Å². The summed E-state index contributed by atoms with van der Waals surface area (Å²) in [6.45, 7) is 9.36. The Morgan fingerprint density at radius 3 is 2.45 bits per heavy atom. The molecule has 0 bridgehead atoms. The van der Waals surface area contributed by atoms with Gasteiger partial charge in [0.25, 0.3) is 0 Å². The smallest absolute Gasteiger partial charge is 0.335 e. The van der Waals surface area contributed by atoms with Gasteiger partial charge in [0.2, 0.25) is 10.0 Å². The fourth-order valence-corrected chi connectivity index (χ4v) is 3.58. The summed E-state index contributed by atoms with van der Waals surface area (Å²) >= 11 is 0. The number of carboxylic acid groups (broad SMARTS) is 1. The van der Waals surface area contributed by atoms with Gasteiger partial charge in [-0.3, -0.25) is 0 Å². The van der Waals surface area contributed by atoms with E-state index in [-0.39, 0.29) is 17.0 Å². The number of aryl methyl sites for hydroxylation is 1. The lowest BCUT2D eigenvalue weighted by molar-refractivity contribution is 0.0696. The quantitative estimate of drug-likeness (QED) is 0.817. The molecule has 0 saturated carbocycles. The fourth-order valence-electron chi connectivity index (χ4n) is 1.82. The monoisotopic (exact) mass is 297 g/mol. The maximum absolute atomic E-state index is 12.6. The van der Waals surface area contributed by atoms with Crippen LogP contribution in [0.5, 0.6) is 0 Å². The first kappa shape index (κ1) is 16.4. The Balaban J connectivity index is 3.36. The first-order valence-electron chi connectivity index (χ1n) is 6.18. The van der Waals surface area contributed by atoms with Crippen LogP contribution in [-0.4, -0.2) is 36.9 Å². The molecular formula is C14H19NO4S. The van der Waals surface area contributed by atoms with E-state index in [2.05, 4.69) is 6.58 Å². The second-order valence-corrected chi connectivity index (χ2v) is 6.58. The van der Waals surface area contributed by atoms with E-state index in [0.717, 1.165) is 5.57 Å². The Morgan fingerprint density at radius 2 is 2.00 bits per heavy atom. The van der Waals surface area contributed by atoms with Gasteiger partial charge in [-0.05, 0) is 31.5 Å². The molecule has 0 heterocycles. The van der Waals surface area contributed by atoms with Crippen LogP contribution in [0.3, 0.4) is 0 Å². The highest BCUT2D eigenvalue weighted by Gasteiger charge is 2.25. The minimum Gasteiger partial charge on any atom is -0.478 e. The van der Waals surface area contributed by atoms with Crippen LogP contribution < -0.4 is 0 Å². The van der Waals surface area contributed by atoms with E-state index >= 15 is 0 Å². The van der Waals surface area contributed by atoms with Crippen molar-refractivity contribution < 1.29 is 18.3 Å². The van der Waals surface area contributed by atoms with Gasteiger partial charge in [0.05, 0.1) is 10.5 Å². The second-order valence-electron chi connectivity index (χ2n) is 4.67. The summed E-state index contributed by atoms with van der Waals surface area (Å²) < 4.78 is 26.5. The lowest BCUT2D eigenvalue weighted by Crippen LogP contribution is -2.32. The average molecular weight is 297 g/mol. The zero-order valence-corrected chi connectivity index (χ0v) is 12.7. The maximum Gasteiger partial charge on any atom is 0.335 e. The number of carbonyl (C=O) groups is 1. The number of hydrogen-bond donors (Lipinski definition) is 1. The van der Waals surface area contributed by atoms with Crippen LogP contribution in [0.25, 0.3) is 0 Å². The number of nitrogens with zero attached hydrogens (tertiary/aromatic N) is 1. The largest absolute Gasteiger partial charge is 0.478 e. The molecule has 20 heavy (non-hydrogen) atoms. The second kappa shape index (κ2) is 6.19. The molecule has 0 unspecified atom stereocenters. The molecular weight excluding hydrogens is 278 g/mol. The lowest BCUT2D eigenvalue weighted by Gasteiger charge is -2.21. The average Bonchev–Trinajstić information content (AvgIpc) is 2.35. The van der Waals surface area contributed by atoms with Crippen LogP contribution in [0.15, 0.2) is 35.2 Å². The van der Waals surface area contributed by atoms with E-state index in [1.807, 2.05) is 0 Å². The third-order valence-electron chi connectivity index (χ3n) is 2.85. The molecule has 0 aliphatic carbocycles. The van der Waals surface area contributed by atoms with Gasteiger partial charge in [0, 0.05) is 13.1 Å². The number of sulfonamides is 1. The van der Waals surface area contributed by atoms with Crippen molar-refractivity contribution in [3.8, 4) is 0 Å².